The molecule has 1 rings (SSSR count). The summed E-state index contributed by atoms with van der Waals surface area (Å²) >= 11 is 0. The van der Waals surface area contributed by atoms with Crippen LogP contribution in [0, 0.1) is 11.3 Å². The third-order valence-electron chi connectivity index (χ3n) is 2.99. The molecule has 0 aliphatic rings. The van der Waals surface area contributed by atoms with Crippen LogP contribution in [0.5, 0.6) is 5.88 Å². The van der Waals surface area contributed by atoms with Gasteiger partial charge in [-0.1, -0.05) is 34.6 Å². The Morgan fingerprint density at radius 3 is 2.24 bits per heavy atom. The highest BCUT2D eigenvalue weighted by atomic mass is 16.5. The van der Waals surface area contributed by atoms with Crippen LogP contribution in [0.4, 0.5) is 5.82 Å². The fourth-order valence-electron chi connectivity index (χ4n) is 2.81. The van der Waals surface area contributed by atoms with E-state index in [0.29, 0.717) is 11.8 Å². The molecule has 0 bridgehead atoms. The number of nitrogens with one attached hydrogen (secondary N) is 1. The summed E-state index contributed by atoms with van der Waals surface area (Å²) in [7, 11) is 1.64. The second kappa shape index (κ2) is 6.63. The Morgan fingerprint density at radius 2 is 1.76 bits per heavy atom. The fourth-order valence-corrected chi connectivity index (χ4v) is 2.81. The largest absolute Gasteiger partial charge is 0.481 e. The van der Waals surface area contributed by atoms with Gasteiger partial charge in [0.1, 0.15) is 11.6 Å². The number of hydrogen-bond donors (Lipinski definition) is 1. The van der Waals surface area contributed by atoms with Crippen LogP contribution >= 0.6 is 0 Å². The number of rotatable bonds is 6. The zero-order valence-electron chi connectivity index (χ0n) is 14.9. The van der Waals surface area contributed by atoms with E-state index < -0.39 is 0 Å². The average Bonchev–Trinajstić information content (AvgIpc) is 2.22. The van der Waals surface area contributed by atoms with E-state index in [4.69, 9.17) is 4.74 Å². The van der Waals surface area contributed by atoms with E-state index in [9.17, 15) is 0 Å². The van der Waals surface area contributed by atoms with E-state index >= 15 is 0 Å². The molecule has 1 heterocycles. The molecule has 1 aromatic heterocycles. The van der Waals surface area contributed by atoms with Crippen molar-refractivity contribution in [3.63, 3.8) is 0 Å². The van der Waals surface area contributed by atoms with Gasteiger partial charge in [0.25, 0.3) is 0 Å². The first-order valence-electron chi connectivity index (χ1n) is 7.71. The molecule has 120 valence electrons. The number of hydrogen-bond acceptors (Lipinski definition) is 4. The van der Waals surface area contributed by atoms with E-state index in [1.165, 1.54) is 0 Å². The lowest BCUT2D eigenvalue weighted by Crippen LogP contribution is -2.35. The summed E-state index contributed by atoms with van der Waals surface area (Å²) in [5.41, 5.74) is 0.223. The molecule has 0 saturated heterocycles. The number of nitrogens with zero attached hydrogens (tertiary/aromatic N) is 2. The van der Waals surface area contributed by atoms with Gasteiger partial charge in [-0.15, -0.1) is 0 Å². The topological polar surface area (TPSA) is 47.0 Å². The maximum absolute atomic E-state index is 5.30. The molecule has 0 atom stereocenters. The third kappa shape index (κ3) is 6.78. The van der Waals surface area contributed by atoms with E-state index in [1.807, 2.05) is 6.07 Å². The van der Waals surface area contributed by atoms with E-state index in [-0.39, 0.29) is 11.0 Å². The molecule has 0 fully saturated rings. The maximum Gasteiger partial charge on any atom is 0.218 e. The molecule has 0 amide bonds. The van der Waals surface area contributed by atoms with Crippen molar-refractivity contribution in [1.29, 1.82) is 0 Å². The van der Waals surface area contributed by atoms with Crippen molar-refractivity contribution < 1.29 is 4.74 Å². The van der Waals surface area contributed by atoms with Crippen molar-refractivity contribution in [2.45, 2.75) is 66.8 Å². The first-order valence-corrected chi connectivity index (χ1v) is 7.71. The maximum atomic E-state index is 5.30. The second-order valence-corrected chi connectivity index (χ2v) is 8.06. The van der Waals surface area contributed by atoms with Crippen molar-refractivity contribution in [3.8, 4) is 5.88 Å². The van der Waals surface area contributed by atoms with Crippen molar-refractivity contribution in [1.82, 2.24) is 9.97 Å². The predicted octanol–water partition coefficient (Wildman–Crippen LogP) is 4.31. The third-order valence-corrected chi connectivity index (χ3v) is 2.99. The molecule has 0 aliphatic heterocycles. The van der Waals surface area contributed by atoms with Gasteiger partial charge in [-0.2, -0.15) is 4.98 Å². The van der Waals surface area contributed by atoms with Gasteiger partial charge in [0.15, 0.2) is 0 Å². The van der Waals surface area contributed by atoms with Crippen LogP contribution in [0.1, 0.15) is 60.7 Å². The highest BCUT2D eigenvalue weighted by Crippen LogP contribution is 2.29. The van der Waals surface area contributed by atoms with Gasteiger partial charge in [0, 0.05) is 18.0 Å². The summed E-state index contributed by atoms with van der Waals surface area (Å²) < 4.78 is 5.30. The van der Waals surface area contributed by atoms with Crippen molar-refractivity contribution in [2.24, 2.45) is 11.3 Å². The van der Waals surface area contributed by atoms with Crippen molar-refractivity contribution in [3.05, 3.63) is 11.9 Å². The first kappa shape index (κ1) is 17.7. The first-order chi connectivity index (χ1) is 9.50. The Labute approximate surface area is 129 Å². The molecular formula is C17H31N3O. The van der Waals surface area contributed by atoms with Gasteiger partial charge in [-0.25, -0.2) is 4.98 Å². The molecule has 0 saturated carbocycles. The van der Waals surface area contributed by atoms with E-state index in [2.05, 4.69) is 63.8 Å². The summed E-state index contributed by atoms with van der Waals surface area (Å²) in [4.78, 5) is 9.06. The molecule has 4 nitrogen and oxygen atoms in total. The lowest BCUT2D eigenvalue weighted by Gasteiger charge is -2.33. The van der Waals surface area contributed by atoms with E-state index in [0.717, 1.165) is 24.5 Å². The molecule has 0 aliphatic carbocycles. The van der Waals surface area contributed by atoms with Crippen LogP contribution in [0.2, 0.25) is 0 Å². The molecule has 0 spiro atoms. The number of anilines is 1. The van der Waals surface area contributed by atoms with Gasteiger partial charge in [-0.3, -0.25) is 0 Å². The monoisotopic (exact) mass is 293 g/mol. The Balaban J connectivity index is 2.96. The highest BCUT2D eigenvalue weighted by molar-refractivity contribution is 5.41. The smallest absolute Gasteiger partial charge is 0.218 e. The molecule has 0 aromatic carbocycles. The normalized spacial score (nSPS) is 12.6. The van der Waals surface area contributed by atoms with Gasteiger partial charge in [0.2, 0.25) is 5.88 Å². The van der Waals surface area contributed by atoms with Crippen LogP contribution < -0.4 is 10.1 Å². The zero-order chi connectivity index (χ0) is 16.3. The van der Waals surface area contributed by atoms with E-state index in [1.54, 1.807) is 7.11 Å². The second-order valence-electron chi connectivity index (χ2n) is 8.06. The quantitative estimate of drug-likeness (QED) is 0.849. The minimum absolute atomic E-state index is 0.0350. The predicted molar refractivity (Wildman–Crippen MR) is 88.9 cm³/mol. The van der Waals surface area contributed by atoms with Crippen molar-refractivity contribution in [2.75, 3.05) is 12.4 Å². The Morgan fingerprint density at radius 1 is 1.14 bits per heavy atom. The minimum Gasteiger partial charge on any atom is -0.481 e. The number of methoxy groups -OCH3 is 1. The molecule has 0 radical (unpaired) electrons. The summed E-state index contributed by atoms with van der Waals surface area (Å²) in [6.07, 6.45) is 1.90. The van der Waals surface area contributed by atoms with Gasteiger partial charge >= 0.3 is 0 Å². The van der Waals surface area contributed by atoms with Gasteiger partial charge in [-0.05, 0) is 31.6 Å². The van der Waals surface area contributed by atoms with Gasteiger partial charge in [0.05, 0.1) is 7.11 Å². The average molecular weight is 293 g/mol. The molecule has 4 heteroatoms. The standard InChI is InChI=1S/C17H31N3O/c1-12(2)9-13-18-14(10-15(19-13)21-8)20-17(6,7)11-16(3,4)5/h10,12H,9,11H2,1-8H3,(H,18,19,20). The number of ether oxygens (including phenoxy) is 1. The molecule has 1 N–H and O–H groups in total. The van der Waals surface area contributed by atoms with Crippen LogP contribution in [-0.4, -0.2) is 22.6 Å². The van der Waals surface area contributed by atoms with Crippen LogP contribution in [-0.2, 0) is 6.42 Å². The summed E-state index contributed by atoms with van der Waals surface area (Å²) in [6.45, 7) is 15.5. The summed E-state index contributed by atoms with van der Waals surface area (Å²) in [5.74, 6) is 2.81. The molecule has 21 heavy (non-hydrogen) atoms. The highest BCUT2D eigenvalue weighted by Gasteiger charge is 2.26. The van der Waals surface area contributed by atoms with Gasteiger partial charge < -0.3 is 10.1 Å². The Bertz CT molecular complexity index is 462. The summed E-state index contributed by atoms with van der Waals surface area (Å²) in [5, 5.41) is 3.53. The minimum atomic E-state index is -0.0350. The summed E-state index contributed by atoms with van der Waals surface area (Å²) in [6, 6.07) is 1.87. The Kier molecular flexibility index (Phi) is 5.60. The van der Waals surface area contributed by atoms with Crippen LogP contribution in [0.25, 0.3) is 0 Å². The van der Waals surface area contributed by atoms with Crippen molar-refractivity contribution >= 4 is 5.82 Å². The zero-order valence-corrected chi connectivity index (χ0v) is 14.9. The van der Waals surface area contributed by atoms with Crippen LogP contribution in [0.15, 0.2) is 6.07 Å². The fraction of sp³-hybridized carbons (Fsp3) is 0.765. The molecular weight excluding hydrogens is 262 g/mol. The SMILES string of the molecule is COc1cc(NC(C)(C)CC(C)(C)C)nc(CC(C)C)n1. The molecule has 1 aromatic rings. The Hall–Kier alpha value is -1.32. The molecule has 0 unspecified atom stereocenters. The lowest BCUT2D eigenvalue weighted by atomic mass is 9.82. The lowest BCUT2D eigenvalue weighted by molar-refractivity contribution is 0.302. The number of aromatic nitrogens is 2. The van der Waals surface area contributed by atoms with Crippen LogP contribution in [0.3, 0.4) is 0 Å².